The average molecular weight is 316 g/mol. The highest BCUT2D eigenvalue weighted by Crippen LogP contribution is 2.38. The van der Waals surface area contributed by atoms with Crippen molar-refractivity contribution in [3.8, 4) is 0 Å². The quantitative estimate of drug-likeness (QED) is 0.936. The average Bonchev–Trinajstić information content (AvgIpc) is 3.13. The Labute approximate surface area is 134 Å². The van der Waals surface area contributed by atoms with Crippen LogP contribution in [-0.2, 0) is 16.0 Å². The van der Waals surface area contributed by atoms with Gasteiger partial charge in [-0.15, -0.1) is 0 Å². The second kappa shape index (κ2) is 5.68. The number of carboxylic acid groups (broad SMARTS) is 1. The fraction of sp³-hybridized carbons (Fsp3) is 0.471. The second-order valence-corrected chi connectivity index (χ2v) is 6.48. The number of carbonyl (C=O) groups is 2. The summed E-state index contributed by atoms with van der Waals surface area (Å²) in [6.07, 6.45) is 0.621. The molecule has 1 unspecified atom stereocenters. The molecule has 0 spiro atoms. The van der Waals surface area contributed by atoms with Crippen molar-refractivity contribution in [2.75, 3.05) is 13.1 Å². The summed E-state index contributed by atoms with van der Waals surface area (Å²) in [6.45, 7) is 4.52. The van der Waals surface area contributed by atoms with Crippen molar-refractivity contribution in [3.05, 3.63) is 30.0 Å². The highest BCUT2D eigenvalue weighted by molar-refractivity contribution is 5.87. The van der Waals surface area contributed by atoms with Crippen molar-refractivity contribution in [2.24, 2.45) is 11.3 Å². The summed E-state index contributed by atoms with van der Waals surface area (Å²) in [5.41, 5.74) is 0.406. The number of hydrogen-bond acceptors (Lipinski definition) is 4. The molecule has 1 aliphatic rings. The number of aliphatic carboxylic acids is 1. The number of hydrogen-bond donors (Lipinski definition) is 1. The third-order valence-electron chi connectivity index (χ3n) is 4.96. The van der Waals surface area contributed by atoms with Gasteiger partial charge in [-0.05, 0) is 24.5 Å². The monoisotopic (exact) mass is 316 g/mol. The third-order valence-corrected chi connectivity index (χ3v) is 4.96. The fourth-order valence-corrected chi connectivity index (χ4v) is 3.26. The zero-order valence-electron chi connectivity index (χ0n) is 13.3. The van der Waals surface area contributed by atoms with Gasteiger partial charge in [-0.1, -0.05) is 31.1 Å². The summed E-state index contributed by atoms with van der Waals surface area (Å²) in [4.78, 5) is 25.8. The van der Waals surface area contributed by atoms with Gasteiger partial charge < -0.3 is 14.5 Å². The van der Waals surface area contributed by atoms with Crippen LogP contribution < -0.4 is 0 Å². The third kappa shape index (κ3) is 2.58. The Hall–Kier alpha value is -2.37. The first-order valence-electron chi connectivity index (χ1n) is 7.78. The molecule has 0 saturated carbocycles. The van der Waals surface area contributed by atoms with Crippen LogP contribution in [0.3, 0.4) is 0 Å². The molecule has 1 fully saturated rings. The van der Waals surface area contributed by atoms with Crippen LogP contribution in [0.1, 0.15) is 26.0 Å². The van der Waals surface area contributed by atoms with Gasteiger partial charge in [0, 0.05) is 18.5 Å². The van der Waals surface area contributed by atoms with Crippen molar-refractivity contribution >= 4 is 22.8 Å². The zero-order chi connectivity index (χ0) is 16.6. The standard InChI is InChI=1S/C17H20N2O4/c1-11(2)17(16(21)22)7-8-19(10-17)15(20)9-13-12-5-3-4-6-14(12)23-18-13/h3-6,11H,7-10H2,1-2H3,(H,21,22). The maximum absolute atomic E-state index is 12.5. The minimum Gasteiger partial charge on any atom is -0.481 e. The minimum atomic E-state index is -0.846. The van der Waals surface area contributed by atoms with Crippen LogP contribution in [0, 0.1) is 11.3 Å². The number of benzene rings is 1. The number of rotatable bonds is 4. The number of amides is 1. The van der Waals surface area contributed by atoms with Gasteiger partial charge in [0.05, 0.1) is 11.8 Å². The van der Waals surface area contributed by atoms with Crippen LogP contribution in [0.4, 0.5) is 0 Å². The van der Waals surface area contributed by atoms with Gasteiger partial charge in [-0.25, -0.2) is 0 Å². The molecular weight excluding hydrogens is 296 g/mol. The first-order chi connectivity index (χ1) is 10.9. The Morgan fingerprint density at radius 1 is 1.39 bits per heavy atom. The van der Waals surface area contributed by atoms with E-state index in [2.05, 4.69) is 5.16 Å². The number of carbonyl (C=O) groups excluding carboxylic acids is 1. The number of carboxylic acids is 1. The molecule has 6 nitrogen and oxygen atoms in total. The second-order valence-electron chi connectivity index (χ2n) is 6.48. The largest absolute Gasteiger partial charge is 0.481 e. The van der Waals surface area contributed by atoms with E-state index in [4.69, 9.17) is 4.52 Å². The molecule has 1 saturated heterocycles. The Kier molecular flexibility index (Phi) is 3.83. The topological polar surface area (TPSA) is 83.6 Å². The van der Waals surface area contributed by atoms with E-state index in [1.54, 1.807) is 11.0 Å². The van der Waals surface area contributed by atoms with Crippen molar-refractivity contribution in [2.45, 2.75) is 26.7 Å². The van der Waals surface area contributed by atoms with E-state index >= 15 is 0 Å². The van der Waals surface area contributed by atoms with Gasteiger partial charge in [0.1, 0.15) is 5.69 Å². The zero-order valence-corrected chi connectivity index (χ0v) is 13.3. The molecule has 3 rings (SSSR count). The van der Waals surface area contributed by atoms with Gasteiger partial charge >= 0.3 is 5.97 Å². The summed E-state index contributed by atoms with van der Waals surface area (Å²) in [5.74, 6) is -0.951. The van der Waals surface area contributed by atoms with Gasteiger partial charge in [-0.2, -0.15) is 0 Å². The van der Waals surface area contributed by atoms with Crippen molar-refractivity contribution in [1.29, 1.82) is 0 Å². The van der Waals surface area contributed by atoms with Crippen LogP contribution in [0.5, 0.6) is 0 Å². The summed E-state index contributed by atoms with van der Waals surface area (Å²) >= 11 is 0. The summed E-state index contributed by atoms with van der Waals surface area (Å²) < 4.78 is 5.22. The highest BCUT2D eigenvalue weighted by atomic mass is 16.5. The molecule has 0 radical (unpaired) electrons. The molecule has 1 aliphatic heterocycles. The number of fused-ring (bicyclic) bond motifs is 1. The number of nitrogens with zero attached hydrogens (tertiary/aromatic N) is 2. The van der Waals surface area contributed by atoms with Crippen LogP contribution >= 0.6 is 0 Å². The number of aromatic nitrogens is 1. The van der Waals surface area contributed by atoms with Crippen molar-refractivity contribution < 1.29 is 19.2 Å². The summed E-state index contributed by atoms with van der Waals surface area (Å²) in [6, 6.07) is 7.40. The van der Waals surface area contributed by atoms with E-state index in [1.807, 2.05) is 32.0 Å². The fourth-order valence-electron chi connectivity index (χ4n) is 3.26. The molecule has 1 N–H and O–H groups in total. The first kappa shape index (κ1) is 15.5. The van der Waals surface area contributed by atoms with Crippen LogP contribution in [0.25, 0.3) is 11.0 Å². The Morgan fingerprint density at radius 3 is 2.78 bits per heavy atom. The SMILES string of the molecule is CC(C)C1(C(=O)O)CCN(C(=O)Cc2noc3ccccc23)C1. The molecule has 1 aromatic carbocycles. The Balaban J connectivity index is 1.76. The Bertz CT molecular complexity index is 752. The lowest BCUT2D eigenvalue weighted by Crippen LogP contribution is -2.41. The maximum Gasteiger partial charge on any atom is 0.311 e. The number of likely N-dealkylation sites (tertiary alicyclic amines) is 1. The van der Waals surface area contributed by atoms with Crippen molar-refractivity contribution in [3.63, 3.8) is 0 Å². The minimum absolute atomic E-state index is 0.0225. The molecule has 23 heavy (non-hydrogen) atoms. The van der Waals surface area contributed by atoms with Gasteiger partial charge in [0.2, 0.25) is 5.91 Å². The maximum atomic E-state index is 12.5. The normalized spacial score (nSPS) is 21.3. The predicted octanol–water partition coefficient (Wildman–Crippen LogP) is 2.33. The van der Waals surface area contributed by atoms with E-state index < -0.39 is 11.4 Å². The van der Waals surface area contributed by atoms with E-state index in [0.717, 1.165) is 5.39 Å². The molecule has 122 valence electrons. The highest BCUT2D eigenvalue weighted by Gasteiger charge is 2.48. The molecule has 0 bridgehead atoms. The van der Waals surface area contributed by atoms with Gasteiger partial charge in [-0.3, -0.25) is 9.59 Å². The van der Waals surface area contributed by atoms with E-state index in [1.165, 1.54) is 0 Å². The van der Waals surface area contributed by atoms with Crippen LogP contribution in [0.2, 0.25) is 0 Å². The molecule has 1 amide bonds. The lowest BCUT2D eigenvalue weighted by Gasteiger charge is -2.28. The van der Waals surface area contributed by atoms with Crippen LogP contribution in [0.15, 0.2) is 28.8 Å². The predicted molar refractivity (Wildman–Crippen MR) is 83.8 cm³/mol. The van der Waals surface area contributed by atoms with Crippen molar-refractivity contribution in [1.82, 2.24) is 10.1 Å². The lowest BCUT2D eigenvalue weighted by atomic mass is 9.76. The molecule has 2 heterocycles. The molecule has 6 heteroatoms. The van der Waals surface area contributed by atoms with Crippen LogP contribution in [-0.4, -0.2) is 40.1 Å². The van der Waals surface area contributed by atoms with Gasteiger partial charge in [0.15, 0.2) is 5.58 Å². The van der Waals surface area contributed by atoms with Gasteiger partial charge in [0.25, 0.3) is 0 Å². The first-order valence-corrected chi connectivity index (χ1v) is 7.78. The number of para-hydroxylation sites is 1. The van der Waals surface area contributed by atoms with E-state index in [-0.39, 0.29) is 24.8 Å². The molecule has 1 aromatic heterocycles. The molecular formula is C17H20N2O4. The molecule has 2 aromatic rings. The Morgan fingerprint density at radius 2 is 2.13 bits per heavy atom. The summed E-state index contributed by atoms with van der Waals surface area (Å²) in [7, 11) is 0. The summed E-state index contributed by atoms with van der Waals surface area (Å²) in [5, 5.41) is 14.4. The lowest BCUT2D eigenvalue weighted by molar-refractivity contribution is -0.151. The smallest absolute Gasteiger partial charge is 0.311 e. The molecule has 1 atom stereocenters. The van der Waals surface area contributed by atoms with E-state index in [9.17, 15) is 14.7 Å². The van der Waals surface area contributed by atoms with E-state index in [0.29, 0.717) is 24.2 Å². The molecule has 0 aliphatic carbocycles.